The molecule has 0 saturated heterocycles. The fraction of sp³-hybridized carbons (Fsp3) is 0.467. The molecule has 0 aliphatic heterocycles. The first-order valence-corrected chi connectivity index (χ1v) is 7.16. The molecule has 0 heterocycles. The summed E-state index contributed by atoms with van der Waals surface area (Å²) in [5, 5.41) is 14.2. The molecule has 0 bridgehead atoms. The summed E-state index contributed by atoms with van der Waals surface area (Å²) in [7, 11) is 1.85. The third-order valence-electron chi connectivity index (χ3n) is 3.14. The molecule has 116 valence electrons. The summed E-state index contributed by atoms with van der Waals surface area (Å²) in [6.07, 6.45) is 4.07. The Bertz CT molecular complexity index is 446. The molecule has 1 rings (SSSR count). The number of hydroxylamine groups is 1. The summed E-state index contributed by atoms with van der Waals surface area (Å²) < 4.78 is 0. The Kier molecular flexibility index (Phi) is 7.89. The summed E-state index contributed by atoms with van der Waals surface area (Å²) in [4.78, 5) is 22.5. The fourth-order valence-corrected chi connectivity index (χ4v) is 1.92. The van der Waals surface area contributed by atoms with E-state index in [9.17, 15) is 9.59 Å². The molecular formula is C15H23N3O3. The number of benzene rings is 1. The Morgan fingerprint density at radius 2 is 1.43 bits per heavy atom. The Hall–Kier alpha value is -2.08. The normalized spacial score (nSPS) is 10.0. The number of hydrogen-bond acceptors (Lipinski definition) is 4. The summed E-state index contributed by atoms with van der Waals surface area (Å²) >= 11 is 0. The molecule has 6 heteroatoms. The van der Waals surface area contributed by atoms with Crippen molar-refractivity contribution in [2.45, 2.75) is 38.5 Å². The summed E-state index contributed by atoms with van der Waals surface area (Å²) in [5.74, 6) is -0.363. The van der Waals surface area contributed by atoms with Gasteiger partial charge in [0.2, 0.25) is 11.8 Å². The van der Waals surface area contributed by atoms with Gasteiger partial charge in [-0.25, -0.2) is 5.48 Å². The largest absolute Gasteiger partial charge is 0.388 e. The van der Waals surface area contributed by atoms with Crippen LogP contribution < -0.4 is 16.1 Å². The van der Waals surface area contributed by atoms with Crippen molar-refractivity contribution < 1.29 is 14.8 Å². The Balaban J connectivity index is 2.12. The molecule has 6 nitrogen and oxygen atoms in total. The molecule has 0 fully saturated rings. The topological polar surface area (TPSA) is 90.5 Å². The van der Waals surface area contributed by atoms with Crippen LogP contribution in [-0.4, -0.2) is 24.1 Å². The minimum absolute atomic E-state index is 0.000286. The van der Waals surface area contributed by atoms with Gasteiger partial charge in [0.05, 0.1) is 0 Å². The second kappa shape index (κ2) is 9.77. The van der Waals surface area contributed by atoms with Gasteiger partial charge in [-0.05, 0) is 37.1 Å². The Labute approximate surface area is 124 Å². The Morgan fingerprint density at radius 3 is 1.95 bits per heavy atom. The average Bonchev–Trinajstić information content (AvgIpc) is 2.51. The molecule has 0 unspecified atom stereocenters. The van der Waals surface area contributed by atoms with Gasteiger partial charge in [-0.15, -0.1) is 0 Å². The van der Waals surface area contributed by atoms with Crippen molar-refractivity contribution in [3.05, 3.63) is 24.3 Å². The summed E-state index contributed by atoms with van der Waals surface area (Å²) in [5.41, 5.74) is 3.39. The number of hydrogen-bond donors (Lipinski definition) is 4. The molecule has 1 aromatic rings. The van der Waals surface area contributed by atoms with Crippen LogP contribution >= 0.6 is 0 Å². The predicted molar refractivity (Wildman–Crippen MR) is 82.2 cm³/mol. The molecule has 2 amide bonds. The zero-order valence-corrected chi connectivity index (χ0v) is 12.3. The lowest BCUT2D eigenvalue weighted by molar-refractivity contribution is -0.129. The van der Waals surface area contributed by atoms with Gasteiger partial charge in [0.25, 0.3) is 0 Å². The summed E-state index contributed by atoms with van der Waals surface area (Å²) in [6.45, 7) is 0. The second-order valence-electron chi connectivity index (χ2n) is 4.82. The van der Waals surface area contributed by atoms with Crippen LogP contribution in [-0.2, 0) is 9.59 Å². The van der Waals surface area contributed by atoms with Gasteiger partial charge >= 0.3 is 0 Å². The van der Waals surface area contributed by atoms with E-state index >= 15 is 0 Å². The maximum Gasteiger partial charge on any atom is 0.243 e. The van der Waals surface area contributed by atoms with E-state index in [0.29, 0.717) is 12.8 Å². The van der Waals surface area contributed by atoms with Crippen molar-refractivity contribution in [3.63, 3.8) is 0 Å². The van der Waals surface area contributed by atoms with Gasteiger partial charge in [-0.2, -0.15) is 0 Å². The molecule has 0 spiro atoms. The van der Waals surface area contributed by atoms with Crippen LogP contribution in [0.1, 0.15) is 38.5 Å². The zero-order chi connectivity index (χ0) is 15.5. The van der Waals surface area contributed by atoms with E-state index in [1.54, 1.807) is 5.48 Å². The van der Waals surface area contributed by atoms with E-state index in [4.69, 9.17) is 5.21 Å². The zero-order valence-electron chi connectivity index (χ0n) is 12.3. The number of nitrogens with one attached hydrogen (secondary N) is 3. The quantitative estimate of drug-likeness (QED) is 0.320. The van der Waals surface area contributed by atoms with Gasteiger partial charge in [-0.3, -0.25) is 14.8 Å². The molecule has 0 aliphatic carbocycles. The maximum atomic E-state index is 11.7. The van der Waals surface area contributed by atoms with E-state index in [0.717, 1.165) is 37.1 Å². The minimum Gasteiger partial charge on any atom is -0.388 e. The Morgan fingerprint density at radius 1 is 0.905 bits per heavy atom. The van der Waals surface area contributed by atoms with Gasteiger partial charge < -0.3 is 10.6 Å². The van der Waals surface area contributed by atoms with Gasteiger partial charge in [0, 0.05) is 31.3 Å². The third kappa shape index (κ3) is 7.31. The first kappa shape index (κ1) is 17.0. The van der Waals surface area contributed by atoms with E-state index in [1.807, 2.05) is 31.3 Å². The summed E-state index contributed by atoms with van der Waals surface area (Å²) in [6, 6.07) is 7.53. The van der Waals surface area contributed by atoms with E-state index in [2.05, 4.69) is 10.6 Å². The molecule has 21 heavy (non-hydrogen) atoms. The lowest BCUT2D eigenvalue weighted by Gasteiger charge is -2.06. The second-order valence-corrected chi connectivity index (χ2v) is 4.82. The molecule has 1 aromatic carbocycles. The first-order valence-electron chi connectivity index (χ1n) is 7.16. The number of rotatable bonds is 9. The third-order valence-corrected chi connectivity index (χ3v) is 3.14. The van der Waals surface area contributed by atoms with Crippen LogP contribution in [0, 0.1) is 0 Å². The van der Waals surface area contributed by atoms with Gasteiger partial charge in [0.1, 0.15) is 0 Å². The van der Waals surface area contributed by atoms with Crippen molar-refractivity contribution >= 4 is 23.2 Å². The van der Waals surface area contributed by atoms with Crippen molar-refractivity contribution in [2.24, 2.45) is 0 Å². The minimum atomic E-state index is -0.363. The van der Waals surface area contributed by atoms with Gasteiger partial charge in [-0.1, -0.05) is 12.8 Å². The van der Waals surface area contributed by atoms with Crippen LogP contribution in [0.25, 0.3) is 0 Å². The van der Waals surface area contributed by atoms with Crippen molar-refractivity contribution in [2.75, 3.05) is 17.7 Å². The van der Waals surface area contributed by atoms with E-state index < -0.39 is 0 Å². The number of unbranched alkanes of at least 4 members (excludes halogenated alkanes) is 3. The monoisotopic (exact) mass is 293 g/mol. The SMILES string of the molecule is CNc1ccc(NC(=O)CCCCCCC(=O)NO)cc1. The highest BCUT2D eigenvalue weighted by molar-refractivity contribution is 5.90. The first-order chi connectivity index (χ1) is 10.2. The average molecular weight is 293 g/mol. The van der Waals surface area contributed by atoms with Gasteiger partial charge in [0.15, 0.2) is 0 Å². The maximum absolute atomic E-state index is 11.7. The van der Waals surface area contributed by atoms with Crippen molar-refractivity contribution in [3.8, 4) is 0 Å². The van der Waals surface area contributed by atoms with Crippen molar-refractivity contribution in [1.82, 2.24) is 5.48 Å². The molecular weight excluding hydrogens is 270 g/mol. The molecule has 0 aromatic heterocycles. The fourth-order valence-electron chi connectivity index (χ4n) is 1.92. The highest BCUT2D eigenvalue weighted by atomic mass is 16.5. The standard InChI is InChI=1S/C15H23N3O3/c1-16-12-8-10-13(11-9-12)17-14(19)6-4-2-3-5-7-15(20)18-21/h8-11,16,21H,2-7H2,1H3,(H,17,19)(H,18,20). The predicted octanol–water partition coefficient (Wildman–Crippen LogP) is 2.51. The van der Waals surface area contributed by atoms with Crippen LogP contribution in [0.5, 0.6) is 0 Å². The molecule has 0 radical (unpaired) electrons. The number of carbonyl (C=O) groups excluding carboxylic acids is 2. The number of anilines is 2. The van der Waals surface area contributed by atoms with Crippen LogP contribution in [0.2, 0.25) is 0 Å². The molecule has 0 saturated carbocycles. The van der Waals surface area contributed by atoms with E-state index in [1.165, 1.54) is 0 Å². The molecule has 0 atom stereocenters. The van der Waals surface area contributed by atoms with Crippen LogP contribution in [0.15, 0.2) is 24.3 Å². The highest BCUT2D eigenvalue weighted by Gasteiger charge is 2.03. The molecule has 0 aliphatic rings. The van der Waals surface area contributed by atoms with E-state index in [-0.39, 0.29) is 11.8 Å². The van der Waals surface area contributed by atoms with Crippen molar-refractivity contribution in [1.29, 1.82) is 0 Å². The lowest BCUT2D eigenvalue weighted by atomic mass is 10.1. The number of carbonyl (C=O) groups is 2. The number of amides is 2. The highest BCUT2D eigenvalue weighted by Crippen LogP contribution is 2.13. The lowest BCUT2D eigenvalue weighted by Crippen LogP contribution is -2.17. The van der Waals surface area contributed by atoms with Crippen LogP contribution in [0.3, 0.4) is 0 Å². The smallest absolute Gasteiger partial charge is 0.243 e. The van der Waals surface area contributed by atoms with Crippen LogP contribution in [0.4, 0.5) is 11.4 Å². The molecule has 4 N–H and O–H groups in total.